The standard InChI is InChI=1S/C13H17N5/c1-2-5-17-13(10-15)4-3-11(8-13)18-7-6-16-12(18)9-14/h6-7,11,17H,2-5,8H2,1H3. The number of hydrogen-bond acceptors (Lipinski definition) is 4. The average Bonchev–Trinajstić information content (AvgIpc) is 3.03. The molecule has 1 aliphatic carbocycles. The van der Waals surface area contributed by atoms with E-state index in [0.717, 1.165) is 32.2 Å². The minimum absolute atomic E-state index is 0.200. The second-order valence-electron chi connectivity index (χ2n) is 4.79. The molecule has 0 amide bonds. The van der Waals surface area contributed by atoms with E-state index in [4.69, 9.17) is 5.26 Å². The third-order valence-electron chi connectivity index (χ3n) is 3.58. The third-order valence-corrected chi connectivity index (χ3v) is 3.58. The van der Waals surface area contributed by atoms with Gasteiger partial charge in [-0.25, -0.2) is 4.98 Å². The number of aromatic nitrogens is 2. The topological polar surface area (TPSA) is 77.4 Å². The van der Waals surface area contributed by atoms with E-state index in [9.17, 15) is 5.26 Å². The monoisotopic (exact) mass is 243 g/mol. The fourth-order valence-corrected chi connectivity index (χ4v) is 2.62. The summed E-state index contributed by atoms with van der Waals surface area (Å²) in [6.07, 6.45) is 6.98. The van der Waals surface area contributed by atoms with Gasteiger partial charge >= 0.3 is 0 Å². The maximum Gasteiger partial charge on any atom is 0.212 e. The van der Waals surface area contributed by atoms with E-state index in [1.165, 1.54) is 0 Å². The predicted octanol–water partition coefficient (Wildman–Crippen LogP) is 1.74. The quantitative estimate of drug-likeness (QED) is 0.873. The van der Waals surface area contributed by atoms with Crippen molar-refractivity contribution in [3.63, 3.8) is 0 Å². The van der Waals surface area contributed by atoms with Crippen LogP contribution >= 0.6 is 0 Å². The third kappa shape index (κ3) is 2.23. The summed E-state index contributed by atoms with van der Waals surface area (Å²) in [5, 5.41) is 21.7. The van der Waals surface area contributed by atoms with Gasteiger partial charge in [-0.05, 0) is 32.2 Å². The molecule has 1 aromatic rings. The van der Waals surface area contributed by atoms with Gasteiger partial charge in [0.2, 0.25) is 5.82 Å². The molecule has 1 saturated carbocycles. The Kier molecular flexibility index (Phi) is 3.64. The molecule has 5 heteroatoms. The molecule has 0 aliphatic heterocycles. The van der Waals surface area contributed by atoms with E-state index in [1.807, 2.05) is 10.8 Å². The van der Waals surface area contributed by atoms with Gasteiger partial charge in [0.15, 0.2) is 0 Å². The van der Waals surface area contributed by atoms with Crippen LogP contribution in [0, 0.1) is 22.7 Å². The summed E-state index contributed by atoms with van der Waals surface area (Å²) in [4.78, 5) is 4.01. The normalized spacial score (nSPS) is 26.7. The van der Waals surface area contributed by atoms with Crippen molar-refractivity contribution in [3.05, 3.63) is 18.2 Å². The van der Waals surface area contributed by atoms with Gasteiger partial charge < -0.3 is 4.57 Å². The average molecular weight is 243 g/mol. The van der Waals surface area contributed by atoms with Crippen molar-refractivity contribution in [1.29, 1.82) is 10.5 Å². The lowest BCUT2D eigenvalue weighted by Gasteiger charge is -2.22. The van der Waals surface area contributed by atoms with Gasteiger partial charge in [0.25, 0.3) is 0 Å². The van der Waals surface area contributed by atoms with E-state index in [-0.39, 0.29) is 6.04 Å². The Bertz CT molecular complexity index is 492. The number of rotatable bonds is 4. The largest absolute Gasteiger partial charge is 0.319 e. The molecule has 1 N–H and O–H groups in total. The van der Waals surface area contributed by atoms with Gasteiger partial charge in [-0.15, -0.1) is 0 Å². The highest BCUT2D eigenvalue weighted by Crippen LogP contribution is 2.37. The molecule has 0 radical (unpaired) electrons. The van der Waals surface area contributed by atoms with Crippen LogP contribution in [0.25, 0.3) is 0 Å². The van der Waals surface area contributed by atoms with E-state index in [0.29, 0.717) is 5.82 Å². The molecule has 0 saturated heterocycles. The summed E-state index contributed by atoms with van der Waals surface area (Å²) < 4.78 is 1.90. The zero-order chi connectivity index (χ0) is 13.0. The first kappa shape index (κ1) is 12.6. The maximum absolute atomic E-state index is 9.38. The van der Waals surface area contributed by atoms with Gasteiger partial charge in [0.05, 0.1) is 6.07 Å². The van der Waals surface area contributed by atoms with Crippen LogP contribution in [0.5, 0.6) is 0 Å². The smallest absolute Gasteiger partial charge is 0.212 e. The summed E-state index contributed by atoms with van der Waals surface area (Å²) in [5.41, 5.74) is -0.433. The first-order valence-corrected chi connectivity index (χ1v) is 6.34. The van der Waals surface area contributed by atoms with Crippen molar-refractivity contribution < 1.29 is 0 Å². The SMILES string of the molecule is CCCNC1(C#N)CCC(n2ccnc2C#N)C1. The van der Waals surface area contributed by atoms with Crippen molar-refractivity contribution in [3.8, 4) is 12.1 Å². The minimum Gasteiger partial charge on any atom is -0.319 e. The fourth-order valence-electron chi connectivity index (χ4n) is 2.62. The van der Waals surface area contributed by atoms with Crippen molar-refractivity contribution in [2.45, 2.75) is 44.2 Å². The van der Waals surface area contributed by atoms with Crippen LogP contribution in [0.3, 0.4) is 0 Å². The van der Waals surface area contributed by atoms with Crippen LogP contribution in [-0.2, 0) is 0 Å². The Balaban J connectivity index is 2.12. The van der Waals surface area contributed by atoms with Gasteiger partial charge in [-0.2, -0.15) is 10.5 Å². The van der Waals surface area contributed by atoms with Gasteiger partial charge in [-0.1, -0.05) is 6.92 Å². The highest BCUT2D eigenvalue weighted by molar-refractivity contribution is 5.17. The Morgan fingerprint density at radius 1 is 1.61 bits per heavy atom. The molecule has 1 aromatic heterocycles. The second kappa shape index (κ2) is 5.20. The Hall–Kier alpha value is -1.85. The van der Waals surface area contributed by atoms with Crippen molar-refractivity contribution in [2.75, 3.05) is 6.54 Å². The van der Waals surface area contributed by atoms with Crippen molar-refractivity contribution >= 4 is 0 Å². The molecular formula is C13H17N5. The number of hydrogen-bond donors (Lipinski definition) is 1. The van der Waals surface area contributed by atoms with Gasteiger partial charge in [0.1, 0.15) is 11.6 Å². The molecule has 1 aliphatic rings. The molecule has 2 unspecified atom stereocenters. The summed E-state index contributed by atoms with van der Waals surface area (Å²) in [6, 6.07) is 4.70. The fraction of sp³-hybridized carbons (Fsp3) is 0.615. The molecule has 1 heterocycles. The molecule has 0 bridgehead atoms. The molecule has 2 atom stereocenters. The summed E-state index contributed by atoms with van der Waals surface area (Å²) in [7, 11) is 0. The highest BCUT2D eigenvalue weighted by atomic mass is 15.1. The molecule has 0 aromatic carbocycles. The molecule has 94 valence electrons. The molecule has 1 fully saturated rings. The predicted molar refractivity (Wildman–Crippen MR) is 66.5 cm³/mol. The van der Waals surface area contributed by atoms with Crippen LogP contribution in [0.2, 0.25) is 0 Å². The zero-order valence-electron chi connectivity index (χ0n) is 10.6. The lowest BCUT2D eigenvalue weighted by atomic mass is 9.99. The summed E-state index contributed by atoms with van der Waals surface area (Å²) in [6.45, 7) is 2.95. The Morgan fingerprint density at radius 3 is 3.11 bits per heavy atom. The molecular weight excluding hydrogens is 226 g/mol. The number of nitrogens with zero attached hydrogens (tertiary/aromatic N) is 4. The van der Waals surface area contributed by atoms with E-state index in [1.54, 1.807) is 6.20 Å². The Morgan fingerprint density at radius 2 is 2.44 bits per heavy atom. The van der Waals surface area contributed by atoms with Gasteiger partial charge in [-0.3, -0.25) is 5.32 Å². The maximum atomic E-state index is 9.38. The zero-order valence-corrected chi connectivity index (χ0v) is 10.6. The van der Waals surface area contributed by atoms with Crippen molar-refractivity contribution in [1.82, 2.24) is 14.9 Å². The summed E-state index contributed by atoms with van der Waals surface area (Å²) in [5.74, 6) is 0.434. The van der Waals surface area contributed by atoms with Crippen molar-refractivity contribution in [2.24, 2.45) is 0 Å². The van der Waals surface area contributed by atoms with Crippen LogP contribution in [0.15, 0.2) is 12.4 Å². The van der Waals surface area contributed by atoms with E-state index in [2.05, 4.69) is 29.4 Å². The van der Waals surface area contributed by atoms with E-state index < -0.39 is 5.54 Å². The Labute approximate surface area is 107 Å². The first-order valence-electron chi connectivity index (χ1n) is 6.34. The van der Waals surface area contributed by atoms with Crippen LogP contribution in [0.1, 0.15) is 44.5 Å². The van der Waals surface area contributed by atoms with Crippen LogP contribution in [0.4, 0.5) is 0 Å². The summed E-state index contributed by atoms with van der Waals surface area (Å²) >= 11 is 0. The lowest BCUT2D eigenvalue weighted by molar-refractivity contribution is 0.399. The minimum atomic E-state index is -0.433. The molecule has 18 heavy (non-hydrogen) atoms. The highest BCUT2D eigenvalue weighted by Gasteiger charge is 2.40. The van der Waals surface area contributed by atoms with Crippen LogP contribution in [-0.4, -0.2) is 21.6 Å². The van der Waals surface area contributed by atoms with E-state index >= 15 is 0 Å². The lowest BCUT2D eigenvalue weighted by Crippen LogP contribution is -2.42. The van der Waals surface area contributed by atoms with Crippen LogP contribution < -0.4 is 5.32 Å². The number of nitriles is 2. The van der Waals surface area contributed by atoms with Gasteiger partial charge in [0, 0.05) is 18.4 Å². The molecule has 2 rings (SSSR count). The number of imidazole rings is 1. The first-order chi connectivity index (χ1) is 8.74. The second-order valence-corrected chi connectivity index (χ2v) is 4.79. The molecule has 5 nitrogen and oxygen atoms in total. The number of nitrogens with one attached hydrogen (secondary N) is 1. The molecule has 0 spiro atoms.